The van der Waals surface area contributed by atoms with Crippen LogP contribution < -0.4 is 5.73 Å². The molecule has 0 fully saturated rings. The second kappa shape index (κ2) is 3.60. The molecule has 56 valence electrons. The zero-order valence-corrected chi connectivity index (χ0v) is 5.50. The van der Waals surface area contributed by atoms with Crippen molar-refractivity contribution in [2.24, 2.45) is 10.7 Å². The van der Waals surface area contributed by atoms with Crippen LogP contribution in [0.25, 0.3) is 0 Å². The van der Waals surface area contributed by atoms with Gasteiger partial charge >= 0.3 is 5.97 Å². The molecule has 0 aliphatic rings. The molecule has 0 bridgehead atoms. The fourth-order valence-corrected chi connectivity index (χ4v) is 0.366. The SMILES string of the molecule is CC(N)=NC(=O)CC(=O)O. The summed E-state index contributed by atoms with van der Waals surface area (Å²) < 4.78 is 0. The molecular formula is C5H8N2O3. The van der Waals surface area contributed by atoms with Gasteiger partial charge in [0, 0.05) is 0 Å². The number of carbonyl (C=O) groups is 2. The monoisotopic (exact) mass is 144 g/mol. The number of amidine groups is 1. The molecule has 0 saturated carbocycles. The predicted octanol–water partition coefficient (Wildman–Crippen LogP) is -0.635. The highest BCUT2D eigenvalue weighted by molar-refractivity contribution is 5.99. The molecule has 0 unspecified atom stereocenters. The standard InChI is InChI=1S/C5H8N2O3/c1-3(6)7-4(8)2-5(9)10/h2H2,1H3,(H,9,10)(H2,6,7,8). The van der Waals surface area contributed by atoms with Crippen molar-refractivity contribution in [1.82, 2.24) is 0 Å². The lowest BCUT2D eigenvalue weighted by molar-refractivity contribution is -0.139. The Kier molecular flexibility index (Phi) is 3.10. The summed E-state index contributed by atoms with van der Waals surface area (Å²) in [4.78, 5) is 23.5. The highest BCUT2D eigenvalue weighted by Gasteiger charge is 2.04. The molecule has 0 saturated heterocycles. The van der Waals surface area contributed by atoms with E-state index >= 15 is 0 Å². The molecular weight excluding hydrogens is 136 g/mol. The molecule has 0 spiro atoms. The first-order chi connectivity index (χ1) is 4.52. The number of carboxylic acid groups (broad SMARTS) is 1. The number of aliphatic imine (C=N–C) groups is 1. The molecule has 5 heteroatoms. The summed E-state index contributed by atoms with van der Waals surface area (Å²) in [5.41, 5.74) is 5.01. The second-order valence-electron chi connectivity index (χ2n) is 1.72. The minimum atomic E-state index is -1.20. The van der Waals surface area contributed by atoms with Crippen LogP contribution in [0.2, 0.25) is 0 Å². The maximum atomic E-state index is 10.4. The number of amides is 1. The van der Waals surface area contributed by atoms with Crippen molar-refractivity contribution in [2.75, 3.05) is 0 Å². The van der Waals surface area contributed by atoms with E-state index in [-0.39, 0.29) is 5.84 Å². The molecule has 0 aliphatic heterocycles. The second-order valence-corrected chi connectivity index (χ2v) is 1.72. The van der Waals surface area contributed by atoms with Crippen molar-refractivity contribution in [1.29, 1.82) is 0 Å². The normalized spacial score (nSPS) is 11.1. The van der Waals surface area contributed by atoms with Gasteiger partial charge in [-0.3, -0.25) is 9.59 Å². The first-order valence-corrected chi connectivity index (χ1v) is 2.57. The lowest BCUT2D eigenvalue weighted by Crippen LogP contribution is -2.11. The molecule has 5 nitrogen and oxygen atoms in total. The van der Waals surface area contributed by atoms with E-state index in [0.29, 0.717) is 0 Å². The van der Waals surface area contributed by atoms with E-state index < -0.39 is 18.3 Å². The molecule has 0 aliphatic carbocycles. The smallest absolute Gasteiger partial charge is 0.312 e. The van der Waals surface area contributed by atoms with E-state index in [1.807, 2.05) is 0 Å². The number of hydrogen-bond acceptors (Lipinski definition) is 2. The van der Waals surface area contributed by atoms with E-state index in [9.17, 15) is 9.59 Å². The summed E-state index contributed by atoms with van der Waals surface area (Å²) in [7, 11) is 0. The number of rotatable bonds is 2. The van der Waals surface area contributed by atoms with Gasteiger partial charge in [0.1, 0.15) is 6.42 Å². The van der Waals surface area contributed by atoms with Crippen molar-refractivity contribution < 1.29 is 14.7 Å². The van der Waals surface area contributed by atoms with Crippen LogP contribution in [0.4, 0.5) is 0 Å². The molecule has 1 amide bonds. The molecule has 0 heterocycles. The lowest BCUT2D eigenvalue weighted by Gasteiger charge is -1.88. The molecule has 0 rings (SSSR count). The summed E-state index contributed by atoms with van der Waals surface area (Å²) in [5.74, 6) is -1.85. The highest BCUT2D eigenvalue weighted by atomic mass is 16.4. The molecule has 0 aromatic rings. The Balaban J connectivity index is 3.88. The number of nitrogens with zero attached hydrogens (tertiary/aromatic N) is 1. The minimum Gasteiger partial charge on any atom is -0.481 e. The fraction of sp³-hybridized carbons (Fsp3) is 0.400. The van der Waals surface area contributed by atoms with Crippen LogP contribution in [0, 0.1) is 0 Å². The largest absolute Gasteiger partial charge is 0.481 e. The third kappa shape index (κ3) is 4.76. The number of carboxylic acids is 1. The van der Waals surface area contributed by atoms with Crippen molar-refractivity contribution in [2.45, 2.75) is 13.3 Å². The molecule has 0 aromatic heterocycles. The van der Waals surface area contributed by atoms with Crippen LogP contribution in [-0.4, -0.2) is 22.8 Å². The van der Waals surface area contributed by atoms with Crippen LogP contribution >= 0.6 is 0 Å². The Hall–Kier alpha value is -1.39. The predicted molar refractivity (Wildman–Crippen MR) is 34.6 cm³/mol. The third-order valence-corrected chi connectivity index (χ3v) is 0.604. The van der Waals surface area contributed by atoms with E-state index in [2.05, 4.69) is 4.99 Å². The van der Waals surface area contributed by atoms with Crippen LogP contribution in [0.3, 0.4) is 0 Å². The van der Waals surface area contributed by atoms with Crippen molar-refractivity contribution in [3.05, 3.63) is 0 Å². The van der Waals surface area contributed by atoms with Gasteiger partial charge in [-0.05, 0) is 6.92 Å². The number of hydrogen-bond donors (Lipinski definition) is 2. The van der Waals surface area contributed by atoms with Crippen LogP contribution in [0.5, 0.6) is 0 Å². The summed E-state index contributed by atoms with van der Waals surface area (Å²) in [6.45, 7) is 1.42. The van der Waals surface area contributed by atoms with E-state index in [1.165, 1.54) is 6.92 Å². The summed E-state index contributed by atoms with van der Waals surface area (Å²) in [5, 5.41) is 8.07. The Morgan fingerprint density at radius 3 is 2.40 bits per heavy atom. The molecule has 0 aromatic carbocycles. The van der Waals surface area contributed by atoms with Gasteiger partial charge in [0.15, 0.2) is 0 Å². The molecule has 0 atom stereocenters. The molecule has 10 heavy (non-hydrogen) atoms. The Morgan fingerprint density at radius 2 is 2.10 bits per heavy atom. The first-order valence-electron chi connectivity index (χ1n) is 2.57. The van der Waals surface area contributed by atoms with Crippen molar-refractivity contribution in [3.8, 4) is 0 Å². The third-order valence-electron chi connectivity index (χ3n) is 0.604. The van der Waals surface area contributed by atoms with Gasteiger partial charge < -0.3 is 10.8 Å². The fourth-order valence-electron chi connectivity index (χ4n) is 0.366. The van der Waals surface area contributed by atoms with Crippen LogP contribution in [-0.2, 0) is 9.59 Å². The Labute approximate surface area is 57.6 Å². The molecule has 3 N–H and O–H groups in total. The zero-order chi connectivity index (χ0) is 8.15. The summed E-state index contributed by atoms with van der Waals surface area (Å²) in [6, 6.07) is 0. The maximum Gasteiger partial charge on any atom is 0.312 e. The maximum absolute atomic E-state index is 10.4. The van der Waals surface area contributed by atoms with E-state index in [4.69, 9.17) is 10.8 Å². The first kappa shape index (κ1) is 8.61. The van der Waals surface area contributed by atoms with Gasteiger partial charge in [0.25, 0.3) is 5.91 Å². The summed E-state index contributed by atoms with van der Waals surface area (Å²) in [6.07, 6.45) is -0.603. The lowest BCUT2D eigenvalue weighted by atomic mass is 10.4. The minimum absolute atomic E-state index is 0.0752. The molecule has 0 radical (unpaired) electrons. The van der Waals surface area contributed by atoms with Gasteiger partial charge in [-0.2, -0.15) is 0 Å². The van der Waals surface area contributed by atoms with Crippen molar-refractivity contribution in [3.63, 3.8) is 0 Å². The topological polar surface area (TPSA) is 92.8 Å². The number of nitrogens with two attached hydrogens (primary N) is 1. The summed E-state index contributed by atoms with van der Waals surface area (Å²) >= 11 is 0. The van der Waals surface area contributed by atoms with Crippen molar-refractivity contribution >= 4 is 17.7 Å². The van der Waals surface area contributed by atoms with Gasteiger partial charge in [0.2, 0.25) is 0 Å². The zero-order valence-electron chi connectivity index (χ0n) is 5.50. The average molecular weight is 144 g/mol. The van der Waals surface area contributed by atoms with E-state index in [0.717, 1.165) is 0 Å². The van der Waals surface area contributed by atoms with Gasteiger partial charge in [-0.1, -0.05) is 0 Å². The quantitative estimate of drug-likeness (QED) is 0.306. The average Bonchev–Trinajstić information content (AvgIpc) is 1.58. The number of aliphatic carboxylic acids is 1. The van der Waals surface area contributed by atoms with Gasteiger partial charge in [-0.25, -0.2) is 4.99 Å². The Bertz CT molecular complexity index is 181. The number of carbonyl (C=O) groups excluding carboxylic acids is 1. The van der Waals surface area contributed by atoms with Gasteiger partial charge in [0.05, 0.1) is 5.84 Å². The highest BCUT2D eigenvalue weighted by Crippen LogP contribution is 1.84. The van der Waals surface area contributed by atoms with Crippen LogP contribution in [0.1, 0.15) is 13.3 Å². The van der Waals surface area contributed by atoms with Gasteiger partial charge in [-0.15, -0.1) is 0 Å². The van der Waals surface area contributed by atoms with E-state index in [1.54, 1.807) is 0 Å². The Morgan fingerprint density at radius 1 is 1.60 bits per heavy atom. The van der Waals surface area contributed by atoms with Crippen LogP contribution in [0.15, 0.2) is 4.99 Å².